The van der Waals surface area contributed by atoms with Gasteiger partial charge in [0.05, 0.1) is 0 Å². The van der Waals surface area contributed by atoms with Crippen molar-refractivity contribution in [1.82, 2.24) is 4.90 Å². The van der Waals surface area contributed by atoms with Gasteiger partial charge in [0.2, 0.25) is 0 Å². The summed E-state index contributed by atoms with van der Waals surface area (Å²) < 4.78 is 5.59. The molecule has 0 saturated carbocycles. The van der Waals surface area contributed by atoms with Crippen molar-refractivity contribution in [1.29, 1.82) is 0 Å². The molecule has 136 valence electrons. The zero-order valence-electron chi connectivity index (χ0n) is 15.3. The molecule has 0 radical (unpaired) electrons. The van der Waals surface area contributed by atoms with E-state index in [0.29, 0.717) is 24.4 Å². The van der Waals surface area contributed by atoms with Gasteiger partial charge in [-0.25, -0.2) is 0 Å². The van der Waals surface area contributed by atoms with Crippen LogP contribution in [0, 0.1) is 13.8 Å². The van der Waals surface area contributed by atoms with Crippen LogP contribution in [0.25, 0.3) is 0 Å². The second-order valence-corrected chi connectivity index (χ2v) is 6.63. The van der Waals surface area contributed by atoms with Gasteiger partial charge in [0.1, 0.15) is 12.0 Å². The molecule has 0 bridgehead atoms. The minimum atomic E-state index is 0.0123. The molecule has 0 aromatic heterocycles. The van der Waals surface area contributed by atoms with Gasteiger partial charge in [-0.1, -0.05) is 17.7 Å². The Kier molecular flexibility index (Phi) is 5.56. The fraction of sp³-hybridized carbons (Fsp3) is 0.333. The first kappa shape index (κ1) is 18.0. The maximum absolute atomic E-state index is 12.4. The number of benzene rings is 2. The predicted molar refractivity (Wildman–Crippen MR) is 102 cm³/mol. The van der Waals surface area contributed by atoms with Gasteiger partial charge < -0.3 is 14.5 Å². The third kappa shape index (κ3) is 4.23. The van der Waals surface area contributed by atoms with Gasteiger partial charge in [0.25, 0.3) is 5.91 Å². The van der Waals surface area contributed by atoms with Crippen molar-refractivity contribution >= 4 is 17.9 Å². The molecule has 0 atom stereocenters. The maximum atomic E-state index is 12.4. The molecule has 1 aliphatic heterocycles. The van der Waals surface area contributed by atoms with Crippen LogP contribution >= 0.6 is 0 Å². The first-order chi connectivity index (χ1) is 12.6. The van der Waals surface area contributed by atoms with Gasteiger partial charge in [0.15, 0.2) is 6.61 Å². The molecular formula is C21H24N2O3. The molecule has 1 fully saturated rings. The molecule has 0 aliphatic carbocycles. The van der Waals surface area contributed by atoms with E-state index < -0.39 is 0 Å². The van der Waals surface area contributed by atoms with Crippen LogP contribution in [0.1, 0.15) is 21.5 Å². The lowest BCUT2D eigenvalue weighted by Crippen LogP contribution is -2.50. The Labute approximate surface area is 154 Å². The SMILES string of the molecule is Cc1ccc(OCC(=O)N2CCN(c3ccc(C=O)cc3C)CC2)cc1. The van der Waals surface area contributed by atoms with Gasteiger partial charge in [0, 0.05) is 37.4 Å². The molecule has 5 heteroatoms. The normalized spacial score (nSPS) is 14.2. The van der Waals surface area contributed by atoms with Crippen LogP contribution in [0.15, 0.2) is 42.5 Å². The van der Waals surface area contributed by atoms with E-state index in [9.17, 15) is 9.59 Å². The van der Waals surface area contributed by atoms with E-state index in [4.69, 9.17) is 4.74 Å². The summed E-state index contributed by atoms with van der Waals surface area (Å²) in [6.45, 7) is 6.99. The number of aryl methyl sites for hydroxylation is 2. The number of anilines is 1. The molecule has 2 aromatic carbocycles. The summed E-state index contributed by atoms with van der Waals surface area (Å²) in [5.74, 6) is 0.728. The number of piperazine rings is 1. The number of nitrogens with zero attached hydrogens (tertiary/aromatic N) is 2. The molecule has 0 N–H and O–H groups in total. The molecule has 0 unspecified atom stereocenters. The molecule has 3 rings (SSSR count). The molecule has 1 amide bonds. The standard InChI is InChI=1S/C21H24N2O3/c1-16-3-6-19(7-4-16)26-15-21(25)23-11-9-22(10-12-23)20-8-5-18(14-24)13-17(20)2/h3-8,13-14H,9-12,15H2,1-2H3. The van der Waals surface area contributed by atoms with Gasteiger partial charge in [-0.05, 0) is 49.7 Å². The zero-order chi connectivity index (χ0) is 18.5. The van der Waals surface area contributed by atoms with Crippen LogP contribution in [-0.4, -0.2) is 49.9 Å². The lowest BCUT2D eigenvalue weighted by molar-refractivity contribution is -0.133. The van der Waals surface area contributed by atoms with Crippen molar-refractivity contribution in [3.63, 3.8) is 0 Å². The quantitative estimate of drug-likeness (QED) is 0.777. The Balaban J connectivity index is 1.52. The van der Waals surface area contributed by atoms with Crippen LogP contribution < -0.4 is 9.64 Å². The number of rotatable bonds is 5. The largest absolute Gasteiger partial charge is 0.484 e. The van der Waals surface area contributed by atoms with Crippen LogP contribution in [0.5, 0.6) is 5.75 Å². The van der Waals surface area contributed by atoms with E-state index in [-0.39, 0.29) is 12.5 Å². The fourth-order valence-corrected chi connectivity index (χ4v) is 3.17. The highest BCUT2D eigenvalue weighted by Crippen LogP contribution is 2.22. The minimum Gasteiger partial charge on any atom is -0.484 e. The molecular weight excluding hydrogens is 328 g/mol. The molecule has 1 aliphatic rings. The van der Waals surface area contributed by atoms with Crippen molar-refractivity contribution in [3.8, 4) is 5.75 Å². The van der Waals surface area contributed by atoms with Crippen molar-refractivity contribution in [2.24, 2.45) is 0 Å². The lowest BCUT2D eigenvalue weighted by Gasteiger charge is -2.36. The van der Waals surface area contributed by atoms with Crippen LogP contribution in [0.3, 0.4) is 0 Å². The van der Waals surface area contributed by atoms with E-state index in [1.54, 1.807) is 0 Å². The third-order valence-corrected chi connectivity index (χ3v) is 4.71. The van der Waals surface area contributed by atoms with Crippen molar-refractivity contribution in [2.45, 2.75) is 13.8 Å². The van der Waals surface area contributed by atoms with Crippen molar-refractivity contribution in [3.05, 3.63) is 59.2 Å². The summed E-state index contributed by atoms with van der Waals surface area (Å²) in [4.78, 5) is 27.4. The number of amides is 1. The Bertz CT molecular complexity index is 778. The number of ether oxygens (including phenoxy) is 1. The van der Waals surface area contributed by atoms with Crippen LogP contribution in [0.2, 0.25) is 0 Å². The number of carbonyl (C=O) groups excluding carboxylic acids is 2. The number of carbonyl (C=O) groups is 2. The van der Waals surface area contributed by atoms with Gasteiger partial charge >= 0.3 is 0 Å². The molecule has 1 saturated heterocycles. The highest BCUT2D eigenvalue weighted by molar-refractivity contribution is 5.78. The summed E-state index contributed by atoms with van der Waals surface area (Å²) in [7, 11) is 0. The first-order valence-corrected chi connectivity index (χ1v) is 8.85. The Morgan fingerprint density at radius 2 is 1.73 bits per heavy atom. The Morgan fingerprint density at radius 3 is 2.35 bits per heavy atom. The van der Waals surface area contributed by atoms with E-state index in [2.05, 4.69) is 4.90 Å². The topological polar surface area (TPSA) is 49.9 Å². The molecule has 1 heterocycles. The highest BCUT2D eigenvalue weighted by Gasteiger charge is 2.22. The summed E-state index contributed by atoms with van der Waals surface area (Å²) in [6.07, 6.45) is 0.863. The lowest BCUT2D eigenvalue weighted by atomic mass is 10.1. The Hall–Kier alpha value is -2.82. The second kappa shape index (κ2) is 8.04. The fourth-order valence-electron chi connectivity index (χ4n) is 3.17. The summed E-state index contributed by atoms with van der Waals surface area (Å²) in [5, 5.41) is 0. The summed E-state index contributed by atoms with van der Waals surface area (Å²) in [5.41, 5.74) is 4.06. The van der Waals surface area contributed by atoms with Crippen LogP contribution in [-0.2, 0) is 4.79 Å². The molecule has 0 spiro atoms. The highest BCUT2D eigenvalue weighted by atomic mass is 16.5. The Morgan fingerprint density at radius 1 is 1.04 bits per heavy atom. The molecule has 26 heavy (non-hydrogen) atoms. The van der Waals surface area contributed by atoms with Gasteiger partial charge in [-0.3, -0.25) is 9.59 Å². The van der Waals surface area contributed by atoms with Crippen molar-refractivity contribution in [2.75, 3.05) is 37.7 Å². The van der Waals surface area contributed by atoms with Gasteiger partial charge in [-0.2, -0.15) is 0 Å². The van der Waals surface area contributed by atoms with E-state index in [0.717, 1.165) is 36.2 Å². The van der Waals surface area contributed by atoms with Gasteiger partial charge in [-0.15, -0.1) is 0 Å². The molecule has 5 nitrogen and oxygen atoms in total. The summed E-state index contributed by atoms with van der Waals surface area (Å²) in [6, 6.07) is 13.4. The summed E-state index contributed by atoms with van der Waals surface area (Å²) >= 11 is 0. The monoisotopic (exact) mass is 352 g/mol. The van der Waals surface area contributed by atoms with E-state index >= 15 is 0 Å². The number of hydrogen-bond acceptors (Lipinski definition) is 4. The predicted octanol–water partition coefficient (Wildman–Crippen LogP) is 2.84. The maximum Gasteiger partial charge on any atom is 0.260 e. The second-order valence-electron chi connectivity index (χ2n) is 6.63. The van der Waals surface area contributed by atoms with Crippen LogP contribution in [0.4, 0.5) is 5.69 Å². The van der Waals surface area contributed by atoms with E-state index in [1.165, 1.54) is 0 Å². The average Bonchev–Trinajstić information content (AvgIpc) is 2.67. The minimum absolute atomic E-state index is 0.0123. The number of aldehydes is 1. The number of hydrogen-bond donors (Lipinski definition) is 0. The first-order valence-electron chi connectivity index (χ1n) is 8.85. The van der Waals surface area contributed by atoms with Crippen molar-refractivity contribution < 1.29 is 14.3 Å². The molecule has 2 aromatic rings. The average molecular weight is 352 g/mol. The zero-order valence-corrected chi connectivity index (χ0v) is 15.3. The smallest absolute Gasteiger partial charge is 0.260 e. The third-order valence-electron chi connectivity index (χ3n) is 4.71. The van der Waals surface area contributed by atoms with E-state index in [1.807, 2.05) is 61.2 Å².